The minimum absolute atomic E-state index is 0.00185. The first-order chi connectivity index (χ1) is 9.15. The number of nitrogens with one attached hydrogen (secondary N) is 2. The summed E-state index contributed by atoms with van der Waals surface area (Å²) in [5.74, 6) is -0.829. The maximum atomic E-state index is 11.8. The van der Waals surface area contributed by atoms with E-state index in [0.29, 0.717) is 18.7 Å². The number of hydrogen-bond donors (Lipinski definition) is 2. The molecule has 0 radical (unpaired) electrons. The number of hydrogen-bond acceptors (Lipinski definition) is 6. The molecule has 0 saturated carbocycles. The van der Waals surface area contributed by atoms with Crippen molar-refractivity contribution in [3.8, 4) is 0 Å². The van der Waals surface area contributed by atoms with Crippen LogP contribution in [-0.4, -0.2) is 24.0 Å². The van der Waals surface area contributed by atoms with Crippen LogP contribution in [0.15, 0.2) is 24.3 Å². The van der Waals surface area contributed by atoms with E-state index in [9.17, 15) is 14.9 Å². The number of carbonyl (C=O) groups is 1. The molecule has 1 aromatic rings. The number of nitro groups is 1. The number of benzene rings is 1. The molecule has 7 heteroatoms. The van der Waals surface area contributed by atoms with Gasteiger partial charge in [-0.3, -0.25) is 20.3 Å². The monoisotopic (exact) mass is 265 g/mol. The molecule has 2 atom stereocenters. The van der Waals surface area contributed by atoms with E-state index in [-0.39, 0.29) is 11.7 Å². The van der Waals surface area contributed by atoms with E-state index in [1.54, 1.807) is 25.1 Å². The molecule has 2 N–H and O–H groups in total. The Balaban J connectivity index is 2.30. The topological polar surface area (TPSA) is 93.5 Å². The molecule has 2 rings (SSSR count). The van der Waals surface area contributed by atoms with Crippen LogP contribution in [0.4, 0.5) is 5.69 Å². The minimum atomic E-state index is -0.471. The van der Waals surface area contributed by atoms with Crippen LogP contribution in [0.5, 0.6) is 0 Å². The smallest absolute Gasteiger partial charge is 0.312 e. The third-order valence-electron chi connectivity index (χ3n) is 3.04. The van der Waals surface area contributed by atoms with Crippen LogP contribution < -0.4 is 10.9 Å². The normalized spacial score (nSPS) is 22.2. The summed E-state index contributed by atoms with van der Waals surface area (Å²) < 4.78 is 4.99. The zero-order chi connectivity index (χ0) is 13.8. The first kappa shape index (κ1) is 13.4. The van der Waals surface area contributed by atoms with Gasteiger partial charge in [-0.1, -0.05) is 18.2 Å². The highest BCUT2D eigenvalue weighted by atomic mass is 16.6. The first-order valence-corrected chi connectivity index (χ1v) is 6.03. The van der Waals surface area contributed by atoms with Crippen molar-refractivity contribution in [3.63, 3.8) is 0 Å². The van der Waals surface area contributed by atoms with E-state index in [4.69, 9.17) is 4.74 Å². The number of rotatable bonds is 4. The molecule has 0 spiro atoms. The molecule has 1 aliphatic rings. The first-order valence-electron chi connectivity index (χ1n) is 6.03. The van der Waals surface area contributed by atoms with Gasteiger partial charge in [0.1, 0.15) is 0 Å². The van der Waals surface area contributed by atoms with Crippen LogP contribution >= 0.6 is 0 Å². The number of nitrogens with zero attached hydrogens (tertiary/aromatic N) is 1. The van der Waals surface area contributed by atoms with Gasteiger partial charge in [0.05, 0.1) is 23.5 Å². The summed E-state index contributed by atoms with van der Waals surface area (Å²) >= 11 is 0. The van der Waals surface area contributed by atoms with Crippen molar-refractivity contribution in [3.05, 3.63) is 39.9 Å². The van der Waals surface area contributed by atoms with Crippen molar-refractivity contribution in [1.29, 1.82) is 0 Å². The van der Waals surface area contributed by atoms with Crippen LogP contribution in [-0.2, 0) is 9.53 Å². The molecule has 0 bridgehead atoms. The second kappa shape index (κ2) is 5.77. The Bertz CT molecular complexity index is 492. The van der Waals surface area contributed by atoms with Crippen molar-refractivity contribution >= 4 is 11.7 Å². The van der Waals surface area contributed by atoms with Gasteiger partial charge >= 0.3 is 5.97 Å². The van der Waals surface area contributed by atoms with E-state index in [0.717, 1.165) is 0 Å². The number of nitro benzene ring substituents is 1. The summed E-state index contributed by atoms with van der Waals surface area (Å²) in [6, 6.07) is 5.93. The van der Waals surface area contributed by atoms with Gasteiger partial charge in [-0.2, -0.15) is 0 Å². The third-order valence-corrected chi connectivity index (χ3v) is 3.04. The second-order valence-corrected chi connectivity index (χ2v) is 4.18. The van der Waals surface area contributed by atoms with Crippen LogP contribution in [0, 0.1) is 16.0 Å². The fourth-order valence-electron chi connectivity index (χ4n) is 2.18. The van der Waals surface area contributed by atoms with Crippen LogP contribution in [0.25, 0.3) is 0 Å². The van der Waals surface area contributed by atoms with Crippen molar-refractivity contribution < 1.29 is 14.5 Å². The molecule has 1 fully saturated rings. The van der Waals surface area contributed by atoms with Crippen molar-refractivity contribution in [2.45, 2.75) is 13.0 Å². The van der Waals surface area contributed by atoms with Crippen molar-refractivity contribution in [1.82, 2.24) is 10.9 Å². The number of ether oxygens (including phenoxy) is 1. The number of carbonyl (C=O) groups excluding carboxylic acids is 1. The molecule has 1 aromatic carbocycles. The van der Waals surface area contributed by atoms with Crippen molar-refractivity contribution in [2.24, 2.45) is 5.92 Å². The quantitative estimate of drug-likeness (QED) is 0.477. The van der Waals surface area contributed by atoms with Gasteiger partial charge < -0.3 is 4.74 Å². The largest absolute Gasteiger partial charge is 0.466 e. The maximum Gasteiger partial charge on any atom is 0.312 e. The Morgan fingerprint density at radius 2 is 2.26 bits per heavy atom. The van der Waals surface area contributed by atoms with Gasteiger partial charge in [-0.05, 0) is 6.92 Å². The number of esters is 1. The molecule has 1 heterocycles. The summed E-state index contributed by atoms with van der Waals surface area (Å²) in [5.41, 5.74) is 6.24. The van der Waals surface area contributed by atoms with E-state index in [1.807, 2.05) is 0 Å². The van der Waals surface area contributed by atoms with Gasteiger partial charge in [0, 0.05) is 18.2 Å². The average Bonchev–Trinajstić information content (AvgIpc) is 2.88. The fourth-order valence-corrected chi connectivity index (χ4v) is 2.18. The highest BCUT2D eigenvalue weighted by Gasteiger charge is 2.38. The molecular formula is C12H15N3O4. The van der Waals surface area contributed by atoms with Gasteiger partial charge in [-0.15, -0.1) is 0 Å². The summed E-state index contributed by atoms with van der Waals surface area (Å²) in [5, 5.41) is 11.0. The Hall–Kier alpha value is -1.99. The summed E-state index contributed by atoms with van der Waals surface area (Å²) in [6.07, 6.45) is 0. The molecule has 0 amide bonds. The maximum absolute atomic E-state index is 11.8. The molecule has 102 valence electrons. The van der Waals surface area contributed by atoms with E-state index < -0.39 is 16.9 Å². The Labute approximate surface area is 110 Å². The Morgan fingerprint density at radius 3 is 2.95 bits per heavy atom. The predicted octanol–water partition coefficient (Wildman–Crippen LogP) is 0.923. The molecular weight excluding hydrogens is 250 g/mol. The Kier molecular flexibility index (Phi) is 4.08. The SMILES string of the molecule is CCOC(=O)C1CNNC1c1ccccc1[N+](=O)[O-]. The third kappa shape index (κ3) is 2.72. The average molecular weight is 265 g/mol. The lowest BCUT2D eigenvalue weighted by molar-refractivity contribution is -0.385. The fraction of sp³-hybridized carbons (Fsp3) is 0.417. The van der Waals surface area contributed by atoms with Crippen LogP contribution in [0.2, 0.25) is 0 Å². The highest BCUT2D eigenvalue weighted by molar-refractivity contribution is 5.74. The summed E-state index contributed by atoms with van der Waals surface area (Å²) in [4.78, 5) is 22.4. The molecule has 1 aliphatic heterocycles. The van der Waals surface area contributed by atoms with E-state index in [2.05, 4.69) is 10.9 Å². The number of para-hydroxylation sites is 1. The zero-order valence-corrected chi connectivity index (χ0v) is 10.5. The molecule has 0 aliphatic carbocycles. The molecule has 0 aromatic heterocycles. The van der Waals surface area contributed by atoms with Gasteiger partial charge in [-0.25, -0.2) is 5.43 Å². The lowest BCUT2D eigenvalue weighted by Gasteiger charge is -2.17. The molecule has 2 unspecified atom stereocenters. The predicted molar refractivity (Wildman–Crippen MR) is 67.1 cm³/mol. The lowest BCUT2D eigenvalue weighted by atomic mass is 9.94. The number of hydrazine groups is 1. The van der Waals surface area contributed by atoms with Crippen LogP contribution in [0.3, 0.4) is 0 Å². The summed E-state index contributed by atoms with van der Waals surface area (Å²) in [6.45, 7) is 2.40. The van der Waals surface area contributed by atoms with E-state index in [1.165, 1.54) is 6.07 Å². The lowest BCUT2D eigenvalue weighted by Crippen LogP contribution is -2.27. The highest BCUT2D eigenvalue weighted by Crippen LogP contribution is 2.32. The van der Waals surface area contributed by atoms with Gasteiger partial charge in [0.15, 0.2) is 0 Å². The summed E-state index contributed by atoms with van der Waals surface area (Å²) in [7, 11) is 0. The molecule has 19 heavy (non-hydrogen) atoms. The standard InChI is InChI=1S/C12H15N3O4/c1-2-19-12(16)9-7-13-14-11(9)8-5-3-4-6-10(8)15(17)18/h3-6,9,11,13-14H,2,7H2,1H3. The zero-order valence-electron chi connectivity index (χ0n) is 10.5. The van der Waals surface area contributed by atoms with Crippen molar-refractivity contribution in [2.75, 3.05) is 13.2 Å². The second-order valence-electron chi connectivity index (χ2n) is 4.18. The van der Waals surface area contributed by atoms with Gasteiger partial charge in [0.25, 0.3) is 5.69 Å². The Morgan fingerprint density at radius 1 is 1.53 bits per heavy atom. The minimum Gasteiger partial charge on any atom is -0.466 e. The molecule has 7 nitrogen and oxygen atoms in total. The van der Waals surface area contributed by atoms with Gasteiger partial charge in [0.2, 0.25) is 0 Å². The van der Waals surface area contributed by atoms with Crippen LogP contribution in [0.1, 0.15) is 18.5 Å². The van der Waals surface area contributed by atoms with E-state index >= 15 is 0 Å². The molecule has 1 saturated heterocycles.